The molecule has 0 saturated heterocycles. The average molecular weight is 276 g/mol. The molecule has 2 rings (SSSR count). The molecule has 18 heavy (non-hydrogen) atoms. The summed E-state index contributed by atoms with van der Waals surface area (Å²) in [6, 6.07) is 2.48. The molecule has 4 nitrogen and oxygen atoms in total. The number of aromatic nitrogens is 1. The summed E-state index contributed by atoms with van der Waals surface area (Å²) in [5.74, 6) is -0.712. The van der Waals surface area contributed by atoms with Crippen LogP contribution in [0.25, 0.3) is 10.2 Å². The predicted octanol–water partition coefficient (Wildman–Crippen LogP) is 2.68. The van der Waals surface area contributed by atoms with Gasteiger partial charge in [-0.3, -0.25) is 0 Å². The Morgan fingerprint density at radius 1 is 1.44 bits per heavy atom. The number of nitrogens with two attached hydrogens (primary N) is 1. The van der Waals surface area contributed by atoms with E-state index in [9.17, 15) is 18.0 Å². The number of thiazole rings is 1. The van der Waals surface area contributed by atoms with Gasteiger partial charge in [-0.2, -0.15) is 13.2 Å². The summed E-state index contributed by atoms with van der Waals surface area (Å²) >= 11 is 0.478. The number of halogens is 3. The number of nitrogens with zero attached hydrogens (tertiary/aromatic N) is 1. The molecule has 0 unspecified atom stereocenters. The van der Waals surface area contributed by atoms with Crippen LogP contribution < -0.4 is 5.73 Å². The van der Waals surface area contributed by atoms with Crippen LogP contribution in [0.4, 0.5) is 18.9 Å². The molecule has 1 aromatic carbocycles. The van der Waals surface area contributed by atoms with E-state index in [0.29, 0.717) is 11.3 Å². The standard InChI is InChI=1S/C10H7F3N2O2S/c1-17-8(16)4-2-6-7(3-5(4)14)18-9(15-6)10(11,12)13/h2-3H,14H2,1H3. The highest BCUT2D eigenvalue weighted by Crippen LogP contribution is 2.36. The van der Waals surface area contributed by atoms with Gasteiger partial charge in [0.1, 0.15) is 0 Å². The molecule has 0 atom stereocenters. The summed E-state index contributed by atoms with van der Waals surface area (Å²) in [4.78, 5) is 14.8. The highest BCUT2D eigenvalue weighted by molar-refractivity contribution is 7.18. The van der Waals surface area contributed by atoms with Crippen LogP contribution in [0.3, 0.4) is 0 Å². The number of rotatable bonds is 1. The topological polar surface area (TPSA) is 65.2 Å². The van der Waals surface area contributed by atoms with Crippen molar-refractivity contribution in [1.82, 2.24) is 4.98 Å². The molecule has 0 bridgehead atoms. The molecule has 2 aromatic rings. The number of methoxy groups -OCH3 is 1. The van der Waals surface area contributed by atoms with Crippen LogP contribution in [0, 0.1) is 0 Å². The van der Waals surface area contributed by atoms with Gasteiger partial charge in [-0.05, 0) is 12.1 Å². The number of nitrogen functional groups attached to an aromatic ring is 1. The fraction of sp³-hybridized carbons (Fsp3) is 0.200. The maximum atomic E-state index is 12.5. The lowest BCUT2D eigenvalue weighted by atomic mass is 10.1. The van der Waals surface area contributed by atoms with E-state index in [1.165, 1.54) is 12.1 Å². The Hall–Kier alpha value is -1.83. The van der Waals surface area contributed by atoms with Crippen molar-refractivity contribution in [3.8, 4) is 0 Å². The normalized spacial score (nSPS) is 11.8. The number of carbonyl (C=O) groups excluding carboxylic acids is 1. The third kappa shape index (κ3) is 2.10. The fourth-order valence-electron chi connectivity index (χ4n) is 1.40. The summed E-state index contributed by atoms with van der Waals surface area (Å²) in [6.07, 6.45) is -4.51. The van der Waals surface area contributed by atoms with Crippen molar-refractivity contribution in [3.63, 3.8) is 0 Å². The minimum Gasteiger partial charge on any atom is -0.465 e. The zero-order chi connectivity index (χ0) is 13.5. The lowest BCUT2D eigenvalue weighted by molar-refractivity contribution is -0.137. The van der Waals surface area contributed by atoms with Gasteiger partial charge >= 0.3 is 12.1 Å². The molecule has 0 aliphatic carbocycles. The number of esters is 1. The van der Waals surface area contributed by atoms with Crippen molar-refractivity contribution in [3.05, 3.63) is 22.7 Å². The Labute approximate surface area is 103 Å². The summed E-state index contributed by atoms with van der Waals surface area (Å²) in [5.41, 5.74) is 5.71. The number of hydrogen-bond donors (Lipinski definition) is 1. The Bertz CT molecular complexity index is 621. The minimum atomic E-state index is -4.51. The molecule has 0 spiro atoms. The molecule has 1 aromatic heterocycles. The molecule has 0 saturated carbocycles. The second-order valence-corrected chi connectivity index (χ2v) is 4.45. The number of hydrogen-bond acceptors (Lipinski definition) is 5. The monoisotopic (exact) mass is 276 g/mol. The van der Waals surface area contributed by atoms with Gasteiger partial charge in [-0.15, -0.1) is 11.3 Å². The fourth-order valence-corrected chi connectivity index (χ4v) is 2.26. The molecule has 8 heteroatoms. The molecule has 1 heterocycles. The number of anilines is 1. The van der Waals surface area contributed by atoms with Gasteiger partial charge in [-0.25, -0.2) is 9.78 Å². The summed E-state index contributed by atoms with van der Waals surface area (Å²) < 4.78 is 42.2. The van der Waals surface area contributed by atoms with Gasteiger partial charge < -0.3 is 10.5 Å². The van der Waals surface area contributed by atoms with E-state index in [1.807, 2.05) is 0 Å². The van der Waals surface area contributed by atoms with E-state index in [0.717, 1.165) is 7.11 Å². The highest BCUT2D eigenvalue weighted by Gasteiger charge is 2.35. The Morgan fingerprint density at radius 2 is 2.11 bits per heavy atom. The van der Waals surface area contributed by atoms with Crippen LogP contribution in [0.15, 0.2) is 12.1 Å². The first-order chi connectivity index (χ1) is 8.32. The maximum absolute atomic E-state index is 12.5. The van der Waals surface area contributed by atoms with Crippen molar-refractivity contribution < 1.29 is 22.7 Å². The Balaban J connectivity index is 2.61. The van der Waals surface area contributed by atoms with Crippen molar-refractivity contribution in [2.24, 2.45) is 0 Å². The lowest BCUT2D eigenvalue weighted by Crippen LogP contribution is -2.05. The molecule has 2 N–H and O–H groups in total. The van der Waals surface area contributed by atoms with Gasteiger partial charge in [0.25, 0.3) is 0 Å². The second-order valence-electron chi connectivity index (χ2n) is 3.42. The molecule has 0 aliphatic rings. The predicted molar refractivity (Wildman–Crippen MR) is 60.4 cm³/mol. The van der Waals surface area contributed by atoms with Crippen LogP contribution in [-0.2, 0) is 10.9 Å². The van der Waals surface area contributed by atoms with Crippen LogP contribution in [0.5, 0.6) is 0 Å². The molecular weight excluding hydrogens is 269 g/mol. The van der Waals surface area contributed by atoms with Crippen molar-refractivity contribution in [2.75, 3.05) is 12.8 Å². The van der Waals surface area contributed by atoms with Gasteiger partial charge in [0, 0.05) is 5.69 Å². The summed E-state index contributed by atoms with van der Waals surface area (Å²) in [6.45, 7) is 0. The first-order valence-corrected chi connectivity index (χ1v) is 5.50. The number of alkyl halides is 3. The lowest BCUT2D eigenvalue weighted by Gasteiger charge is -2.02. The van der Waals surface area contributed by atoms with Crippen molar-refractivity contribution >= 4 is 33.2 Å². The van der Waals surface area contributed by atoms with E-state index in [-0.39, 0.29) is 21.5 Å². The van der Waals surface area contributed by atoms with E-state index in [4.69, 9.17) is 5.73 Å². The molecule has 0 aliphatic heterocycles. The third-order valence-electron chi connectivity index (χ3n) is 2.21. The highest BCUT2D eigenvalue weighted by atomic mass is 32.1. The van der Waals surface area contributed by atoms with Gasteiger partial charge in [0.15, 0.2) is 5.01 Å². The smallest absolute Gasteiger partial charge is 0.443 e. The van der Waals surface area contributed by atoms with E-state index < -0.39 is 17.2 Å². The maximum Gasteiger partial charge on any atom is 0.443 e. The molecular formula is C10H7F3N2O2S. The van der Waals surface area contributed by atoms with Gasteiger partial charge in [-0.1, -0.05) is 0 Å². The Morgan fingerprint density at radius 3 is 2.67 bits per heavy atom. The number of ether oxygens (including phenoxy) is 1. The van der Waals surface area contributed by atoms with Crippen molar-refractivity contribution in [1.29, 1.82) is 0 Å². The van der Waals surface area contributed by atoms with Crippen LogP contribution >= 0.6 is 11.3 Å². The van der Waals surface area contributed by atoms with Crippen LogP contribution in [-0.4, -0.2) is 18.1 Å². The van der Waals surface area contributed by atoms with Crippen LogP contribution in [0.2, 0.25) is 0 Å². The number of benzene rings is 1. The minimum absolute atomic E-state index is 0.00373. The Kier molecular flexibility index (Phi) is 2.89. The van der Waals surface area contributed by atoms with Gasteiger partial charge in [0.2, 0.25) is 0 Å². The molecule has 96 valence electrons. The quantitative estimate of drug-likeness (QED) is 0.642. The molecule has 0 radical (unpaired) electrons. The van der Waals surface area contributed by atoms with Gasteiger partial charge in [0.05, 0.1) is 22.9 Å². The SMILES string of the molecule is COC(=O)c1cc2nc(C(F)(F)F)sc2cc1N. The first kappa shape index (κ1) is 12.6. The third-order valence-corrected chi connectivity index (χ3v) is 3.27. The largest absolute Gasteiger partial charge is 0.465 e. The molecule has 0 fully saturated rings. The molecule has 0 amide bonds. The average Bonchev–Trinajstić information content (AvgIpc) is 2.69. The van der Waals surface area contributed by atoms with Crippen molar-refractivity contribution in [2.45, 2.75) is 6.18 Å². The zero-order valence-corrected chi connectivity index (χ0v) is 9.85. The first-order valence-electron chi connectivity index (χ1n) is 4.68. The number of fused-ring (bicyclic) bond motifs is 1. The summed E-state index contributed by atoms with van der Waals surface area (Å²) in [5, 5.41) is -0.973. The van der Waals surface area contributed by atoms with E-state index in [2.05, 4.69) is 9.72 Å². The summed E-state index contributed by atoms with van der Waals surface area (Å²) in [7, 11) is 1.16. The number of carbonyl (C=O) groups is 1. The van der Waals surface area contributed by atoms with E-state index >= 15 is 0 Å². The second kappa shape index (κ2) is 4.13. The zero-order valence-electron chi connectivity index (χ0n) is 9.04. The van der Waals surface area contributed by atoms with E-state index in [1.54, 1.807) is 0 Å². The van der Waals surface area contributed by atoms with Crippen LogP contribution in [0.1, 0.15) is 15.4 Å².